The Bertz CT molecular complexity index is 519. The lowest BCUT2D eigenvalue weighted by Crippen LogP contribution is -2.36. The summed E-state index contributed by atoms with van der Waals surface area (Å²) in [7, 11) is -2.00. The monoisotopic (exact) mass is 289 g/mol. The first-order valence-corrected chi connectivity index (χ1v) is 7.82. The van der Waals surface area contributed by atoms with Gasteiger partial charge in [-0.15, -0.1) is 0 Å². The molecule has 1 atom stereocenters. The Balaban J connectivity index is 3.05. The lowest BCUT2D eigenvalue weighted by Gasteiger charge is -2.25. The van der Waals surface area contributed by atoms with Crippen LogP contribution in [-0.2, 0) is 16.6 Å². The maximum absolute atomic E-state index is 12.5. The van der Waals surface area contributed by atoms with Crippen LogP contribution in [0.2, 0.25) is 0 Å². The van der Waals surface area contributed by atoms with E-state index in [2.05, 4.69) is 13.8 Å². The molecule has 0 spiro atoms. The van der Waals surface area contributed by atoms with Crippen molar-refractivity contribution < 1.29 is 17.9 Å². The Morgan fingerprint density at radius 1 is 1.37 bits per heavy atom. The van der Waals surface area contributed by atoms with Crippen LogP contribution in [0.15, 0.2) is 15.4 Å². The van der Waals surface area contributed by atoms with E-state index in [1.54, 1.807) is 14.0 Å². The Labute approximate surface area is 115 Å². The van der Waals surface area contributed by atoms with Crippen LogP contribution in [0, 0.1) is 12.8 Å². The molecule has 5 nitrogen and oxygen atoms in total. The Morgan fingerprint density at radius 2 is 1.95 bits per heavy atom. The number of sulfonamides is 1. The second-order valence-electron chi connectivity index (χ2n) is 5.29. The lowest BCUT2D eigenvalue weighted by molar-refractivity contribution is 0.244. The van der Waals surface area contributed by atoms with Crippen molar-refractivity contribution in [1.29, 1.82) is 0 Å². The van der Waals surface area contributed by atoms with E-state index in [1.165, 1.54) is 10.4 Å². The van der Waals surface area contributed by atoms with Gasteiger partial charge in [-0.3, -0.25) is 0 Å². The Hall–Kier alpha value is -0.850. The van der Waals surface area contributed by atoms with Crippen molar-refractivity contribution >= 4 is 10.0 Å². The third-order valence-corrected chi connectivity index (χ3v) is 5.25. The fourth-order valence-corrected chi connectivity index (χ4v) is 3.64. The van der Waals surface area contributed by atoms with Gasteiger partial charge in [0.25, 0.3) is 0 Å². The summed E-state index contributed by atoms with van der Waals surface area (Å²) in [6.07, 6.45) is 0.791. The molecular weight excluding hydrogens is 266 g/mol. The SMILES string of the molecule is Cc1oc(CO)cc1S(=O)(=O)N(C)C(C)CC(C)C. The van der Waals surface area contributed by atoms with Crippen molar-refractivity contribution in [2.45, 2.75) is 51.7 Å². The van der Waals surface area contributed by atoms with Crippen LogP contribution in [0.3, 0.4) is 0 Å². The van der Waals surface area contributed by atoms with Crippen LogP contribution in [0.5, 0.6) is 0 Å². The van der Waals surface area contributed by atoms with Gasteiger partial charge in [-0.05, 0) is 26.2 Å². The van der Waals surface area contributed by atoms with E-state index in [0.29, 0.717) is 11.7 Å². The van der Waals surface area contributed by atoms with Crippen molar-refractivity contribution in [2.75, 3.05) is 7.05 Å². The molecule has 0 saturated carbocycles. The molecule has 1 aromatic heterocycles. The lowest BCUT2D eigenvalue weighted by atomic mass is 10.1. The molecule has 6 heteroatoms. The second kappa shape index (κ2) is 6.07. The fraction of sp³-hybridized carbons (Fsp3) is 0.692. The van der Waals surface area contributed by atoms with Gasteiger partial charge in [-0.2, -0.15) is 4.31 Å². The summed E-state index contributed by atoms with van der Waals surface area (Å²) >= 11 is 0. The van der Waals surface area contributed by atoms with Crippen molar-refractivity contribution in [3.63, 3.8) is 0 Å². The van der Waals surface area contributed by atoms with Crippen LogP contribution < -0.4 is 0 Å². The van der Waals surface area contributed by atoms with Crippen LogP contribution in [0.1, 0.15) is 38.7 Å². The molecule has 0 aliphatic rings. The first kappa shape index (κ1) is 16.2. The smallest absolute Gasteiger partial charge is 0.246 e. The molecule has 1 aromatic rings. The topological polar surface area (TPSA) is 70.8 Å². The van der Waals surface area contributed by atoms with Gasteiger partial charge in [0, 0.05) is 19.2 Å². The van der Waals surface area contributed by atoms with Crippen LogP contribution in [0.4, 0.5) is 0 Å². The average molecular weight is 289 g/mol. The molecule has 1 unspecified atom stereocenters. The minimum absolute atomic E-state index is 0.0862. The number of nitrogens with zero attached hydrogens (tertiary/aromatic N) is 1. The third kappa shape index (κ3) is 3.58. The highest BCUT2D eigenvalue weighted by atomic mass is 32.2. The molecule has 0 aliphatic carbocycles. The van der Waals surface area contributed by atoms with Gasteiger partial charge in [0.15, 0.2) is 0 Å². The van der Waals surface area contributed by atoms with Gasteiger partial charge in [-0.1, -0.05) is 13.8 Å². The van der Waals surface area contributed by atoms with Gasteiger partial charge >= 0.3 is 0 Å². The summed E-state index contributed by atoms with van der Waals surface area (Å²) in [6.45, 7) is 7.29. The Morgan fingerprint density at radius 3 is 2.37 bits per heavy atom. The molecule has 1 heterocycles. The summed E-state index contributed by atoms with van der Waals surface area (Å²) in [5.74, 6) is 1.000. The molecule has 1 rings (SSSR count). The van der Waals surface area contributed by atoms with Gasteiger partial charge in [0.1, 0.15) is 23.0 Å². The number of aliphatic hydroxyl groups excluding tert-OH is 1. The summed E-state index contributed by atoms with van der Waals surface area (Å²) in [5, 5.41) is 9.01. The van der Waals surface area contributed by atoms with E-state index < -0.39 is 10.0 Å². The van der Waals surface area contributed by atoms with E-state index in [0.717, 1.165) is 6.42 Å². The van der Waals surface area contributed by atoms with E-state index >= 15 is 0 Å². The molecule has 0 radical (unpaired) electrons. The molecule has 0 aromatic carbocycles. The van der Waals surface area contributed by atoms with Crippen LogP contribution >= 0.6 is 0 Å². The first-order valence-electron chi connectivity index (χ1n) is 6.38. The van der Waals surface area contributed by atoms with Crippen LogP contribution in [0.25, 0.3) is 0 Å². The van der Waals surface area contributed by atoms with Gasteiger partial charge in [0.05, 0.1) is 0 Å². The van der Waals surface area contributed by atoms with Crippen LogP contribution in [-0.4, -0.2) is 30.9 Å². The minimum atomic E-state index is -3.58. The summed E-state index contributed by atoms with van der Waals surface area (Å²) in [5.41, 5.74) is 0. The molecule has 1 N–H and O–H groups in total. The van der Waals surface area contributed by atoms with Crippen molar-refractivity contribution in [2.24, 2.45) is 5.92 Å². The summed E-state index contributed by atoms with van der Waals surface area (Å²) < 4.78 is 31.6. The largest absolute Gasteiger partial charge is 0.462 e. The predicted octanol–water partition coefficient (Wildman–Crippen LogP) is 2.14. The molecule has 0 aliphatic heterocycles. The van der Waals surface area contributed by atoms with E-state index in [9.17, 15) is 8.42 Å². The highest BCUT2D eigenvalue weighted by Gasteiger charge is 2.29. The number of hydrogen-bond donors (Lipinski definition) is 1. The van der Waals surface area contributed by atoms with Crippen molar-refractivity contribution in [3.8, 4) is 0 Å². The number of hydrogen-bond acceptors (Lipinski definition) is 4. The zero-order valence-corrected chi connectivity index (χ0v) is 13.0. The quantitative estimate of drug-likeness (QED) is 0.871. The standard InChI is InChI=1S/C13H23NO4S/c1-9(2)6-10(3)14(5)19(16,17)13-7-12(8-15)18-11(13)4/h7,9-10,15H,6,8H2,1-5H3. The van der Waals surface area contributed by atoms with Gasteiger partial charge < -0.3 is 9.52 Å². The third-order valence-electron chi connectivity index (χ3n) is 3.17. The average Bonchev–Trinajstić information content (AvgIpc) is 2.69. The zero-order valence-electron chi connectivity index (χ0n) is 12.2. The molecule has 110 valence electrons. The highest BCUT2D eigenvalue weighted by Crippen LogP contribution is 2.25. The first-order chi connectivity index (χ1) is 8.70. The minimum Gasteiger partial charge on any atom is -0.462 e. The maximum atomic E-state index is 12.5. The number of aryl methyl sites for hydroxylation is 1. The maximum Gasteiger partial charge on any atom is 0.246 e. The summed E-state index contributed by atoms with van der Waals surface area (Å²) in [4.78, 5) is 0.134. The highest BCUT2D eigenvalue weighted by molar-refractivity contribution is 7.89. The molecular formula is C13H23NO4S. The van der Waals surface area contributed by atoms with Crippen molar-refractivity contribution in [1.82, 2.24) is 4.31 Å². The Kier molecular flexibility index (Phi) is 5.18. The van der Waals surface area contributed by atoms with E-state index in [1.807, 2.05) is 6.92 Å². The normalized spacial score (nSPS) is 14.3. The molecule has 0 bridgehead atoms. The number of aliphatic hydroxyl groups is 1. The molecule has 19 heavy (non-hydrogen) atoms. The predicted molar refractivity (Wildman–Crippen MR) is 73.2 cm³/mol. The molecule has 0 amide bonds. The summed E-state index contributed by atoms with van der Waals surface area (Å²) in [6, 6.07) is 1.31. The molecule has 0 saturated heterocycles. The van der Waals surface area contributed by atoms with E-state index in [4.69, 9.17) is 9.52 Å². The number of furan rings is 1. The van der Waals surface area contributed by atoms with Crippen molar-refractivity contribution in [3.05, 3.63) is 17.6 Å². The molecule has 0 fully saturated rings. The van der Waals surface area contributed by atoms with Gasteiger partial charge in [0.2, 0.25) is 10.0 Å². The second-order valence-corrected chi connectivity index (χ2v) is 7.26. The van der Waals surface area contributed by atoms with Gasteiger partial charge in [-0.25, -0.2) is 8.42 Å². The zero-order chi connectivity index (χ0) is 14.8. The fourth-order valence-electron chi connectivity index (χ4n) is 2.08. The number of rotatable bonds is 6. The van der Waals surface area contributed by atoms with E-state index in [-0.39, 0.29) is 23.3 Å².